The lowest BCUT2D eigenvalue weighted by Crippen LogP contribution is -2.22. The van der Waals surface area contributed by atoms with E-state index in [-0.39, 0.29) is 0 Å². The van der Waals surface area contributed by atoms with Gasteiger partial charge in [-0.3, -0.25) is 0 Å². The molecule has 4 aliphatic carbocycles. The minimum absolute atomic E-state index is 0.301. The molecule has 0 amide bonds. The zero-order valence-corrected chi connectivity index (χ0v) is 52.1. The monoisotopic (exact) mass is 1170 g/mol. The van der Waals surface area contributed by atoms with Crippen molar-refractivity contribution in [1.29, 1.82) is 0 Å². The number of allylic oxidation sites excluding steroid dienone is 13. The van der Waals surface area contributed by atoms with Gasteiger partial charge in [0, 0.05) is 57.1 Å². The van der Waals surface area contributed by atoms with E-state index in [1.165, 1.54) is 84.0 Å². The van der Waals surface area contributed by atoms with Crippen LogP contribution in [0.5, 0.6) is 0 Å². The smallest absolute Gasteiger partial charge is 0.0462 e. The molecule has 10 aromatic rings. The van der Waals surface area contributed by atoms with Gasteiger partial charge in [0.2, 0.25) is 0 Å². The van der Waals surface area contributed by atoms with Crippen LogP contribution in [0.1, 0.15) is 73.6 Å². The van der Waals surface area contributed by atoms with Crippen LogP contribution in [-0.4, -0.2) is 0 Å². The van der Waals surface area contributed by atoms with Crippen LogP contribution in [0.15, 0.2) is 357 Å². The first kappa shape index (κ1) is 59.8. The number of rotatable bonds is 14. The second kappa shape index (κ2) is 29.5. The lowest BCUT2D eigenvalue weighted by molar-refractivity contribution is 0.739. The molecule has 0 saturated carbocycles. The van der Waals surface area contributed by atoms with E-state index in [1.54, 1.807) is 0 Å². The van der Waals surface area contributed by atoms with Gasteiger partial charge in [-0.2, -0.15) is 0 Å². The van der Waals surface area contributed by atoms with Crippen molar-refractivity contribution in [1.82, 2.24) is 0 Å². The molecule has 3 nitrogen and oxygen atoms in total. The van der Waals surface area contributed by atoms with E-state index in [9.17, 15) is 0 Å². The largest absolute Gasteiger partial charge is 0.311 e. The number of anilines is 6. The van der Waals surface area contributed by atoms with Gasteiger partial charge in [0.1, 0.15) is 0 Å². The summed E-state index contributed by atoms with van der Waals surface area (Å²) in [4.78, 5) is 7.15. The van der Waals surface area contributed by atoms with Crippen molar-refractivity contribution in [3.8, 4) is 33.4 Å². The SMILES string of the molecule is CC1C=CC(c2ccc(N(c3ccccc3)c3ccc(-c4ccc(N(C5=CCCC=C5)c5ccc(C6C=CC(N(C7=CCCC=C7)c7ccc(-c8ccccc8)cc7)=CC6)cc5)cc4)cc3)cc2)=CC1.Cc1ccc(-c2ccccc2)cc1.Cc1ccccc1. The van der Waals surface area contributed by atoms with Crippen molar-refractivity contribution >= 4 is 39.7 Å². The highest BCUT2D eigenvalue weighted by atomic mass is 15.2. The minimum Gasteiger partial charge on any atom is -0.311 e. The summed E-state index contributed by atoms with van der Waals surface area (Å²) in [5, 5.41) is 0. The zero-order valence-electron chi connectivity index (χ0n) is 52.1. The van der Waals surface area contributed by atoms with Gasteiger partial charge in [-0.25, -0.2) is 0 Å². The Kier molecular flexibility index (Phi) is 19.6. The fraction of sp³-hybridized carbons (Fsp3) is 0.126. The van der Waals surface area contributed by atoms with Gasteiger partial charge in [-0.05, 0) is 199 Å². The van der Waals surface area contributed by atoms with E-state index in [1.807, 2.05) is 24.3 Å². The maximum atomic E-state index is 2.41. The molecule has 0 spiro atoms. The van der Waals surface area contributed by atoms with E-state index >= 15 is 0 Å². The predicted molar refractivity (Wildman–Crippen MR) is 386 cm³/mol. The molecule has 2 unspecified atom stereocenters. The quantitative estimate of drug-likeness (QED) is 0.107. The van der Waals surface area contributed by atoms with Gasteiger partial charge < -0.3 is 14.7 Å². The fourth-order valence-electron chi connectivity index (χ4n) is 12.0. The molecule has 0 N–H and O–H groups in total. The first-order valence-electron chi connectivity index (χ1n) is 32.0. The molecule has 90 heavy (non-hydrogen) atoms. The molecule has 14 rings (SSSR count). The summed E-state index contributed by atoms with van der Waals surface area (Å²) < 4.78 is 0. The first-order chi connectivity index (χ1) is 44.4. The molecule has 0 heterocycles. The van der Waals surface area contributed by atoms with Gasteiger partial charge in [-0.1, -0.05) is 267 Å². The number of hydrogen-bond donors (Lipinski definition) is 0. The molecule has 0 aliphatic heterocycles. The van der Waals surface area contributed by atoms with Crippen LogP contribution in [0, 0.1) is 19.8 Å². The van der Waals surface area contributed by atoms with E-state index in [2.05, 4.69) is 351 Å². The van der Waals surface area contributed by atoms with Crippen LogP contribution in [0.25, 0.3) is 39.0 Å². The molecule has 10 aromatic carbocycles. The van der Waals surface area contributed by atoms with E-state index in [0.29, 0.717) is 11.8 Å². The Balaban J connectivity index is 0.000000331. The molecule has 0 fully saturated rings. The molecule has 4 aliphatic rings. The third-order valence-electron chi connectivity index (χ3n) is 17.1. The zero-order chi connectivity index (χ0) is 61.3. The van der Waals surface area contributed by atoms with E-state index < -0.39 is 0 Å². The molecule has 0 bridgehead atoms. The number of benzene rings is 10. The van der Waals surface area contributed by atoms with Gasteiger partial charge in [-0.15, -0.1) is 0 Å². The lowest BCUT2D eigenvalue weighted by Gasteiger charge is -2.31. The molecule has 442 valence electrons. The maximum Gasteiger partial charge on any atom is 0.0462 e. The number of para-hydroxylation sites is 1. The molecule has 3 heteroatoms. The van der Waals surface area contributed by atoms with Crippen LogP contribution in [0.2, 0.25) is 0 Å². The van der Waals surface area contributed by atoms with Gasteiger partial charge in [0.05, 0.1) is 0 Å². The van der Waals surface area contributed by atoms with Crippen LogP contribution >= 0.6 is 0 Å². The lowest BCUT2D eigenvalue weighted by atomic mass is 9.91. The number of nitrogens with zero attached hydrogens (tertiary/aromatic N) is 3. The summed E-state index contributed by atoms with van der Waals surface area (Å²) in [6.45, 7) is 6.46. The van der Waals surface area contributed by atoms with Crippen molar-refractivity contribution < 1.29 is 0 Å². The summed E-state index contributed by atoms with van der Waals surface area (Å²) >= 11 is 0. The normalized spacial score (nSPS) is 15.5. The Bertz CT molecular complexity index is 4190. The topological polar surface area (TPSA) is 9.72 Å². The van der Waals surface area contributed by atoms with Crippen molar-refractivity contribution in [2.75, 3.05) is 14.7 Å². The number of hydrogen-bond acceptors (Lipinski definition) is 3. The molecule has 0 radical (unpaired) electrons. The first-order valence-corrected chi connectivity index (χ1v) is 32.0. The Labute approximate surface area is 535 Å². The molecular formula is C87H79N3. The molecule has 2 atom stereocenters. The Hall–Kier alpha value is -10.5. The highest BCUT2D eigenvalue weighted by Crippen LogP contribution is 2.40. The highest BCUT2D eigenvalue weighted by molar-refractivity contribution is 5.82. The maximum absolute atomic E-state index is 2.41. The molecular weight excluding hydrogens is 1090 g/mol. The summed E-state index contributed by atoms with van der Waals surface area (Å²) in [5.74, 6) is 0.901. The average molecular weight is 1170 g/mol. The summed E-state index contributed by atoms with van der Waals surface area (Å²) in [7, 11) is 0. The average Bonchev–Trinajstić information content (AvgIpc) is 2.97. The summed E-state index contributed by atoms with van der Waals surface area (Å²) in [5.41, 5.74) is 24.4. The standard InChI is InChI=1S/C67H59N3.C13H12.C7H8/c1-50-22-24-52(25-23-50)54-28-40-63(41-29-54)69(60-18-10-4-11-19-60)65-44-32-56(33-45-65)58-36-48-67(49-37-58)70(61-20-12-5-13-21-61)66-46-34-57(35-47-66)55-30-42-64(43-31-55)68(59-16-8-3-9-17-59)62-38-26-53(27-39-62)51-14-6-2-7-15-51;1-11-7-9-13(10-8-11)12-5-3-2-4-6-12;1-7-5-3-2-4-6-7/h2,4,6-8,10-12,14-22,24-30,32-50,55H,3,5,9,13,23,31H2,1H3;2-10H,1H3;2-6H,1H3. The van der Waals surface area contributed by atoms with Crippen molar-refractivity contribution in [2.45, 2.75) is 65.2 Å². The van der Waals surface area contributed by atoms with Crippen LogP contribution in [0.4, 0.5) is 34.1 Å². The predicted octanol–water partition coefficient (Wildman–Crippen LogP) is 24.2. The Morgan fingerprint density at radius 2 is 0.656 bits per heavy atom. The molecule has 0 aromatic heterocycles. The Morgan fingerprint density at radius 3 is 1.08 bits per heavy atom. The summed E-state index contributed by atoms with van der Waals surface area (Å²) in [6, 6.07) is 95.8. The van der Waals surface area contributed by atoms with Gasteiger partial charge in [0.15, 0.2) is 0 Å². The fourth-order valence-corrected chi connectivity index (χ4v) is 12.0. The Morgan fingerprint density at radius 1 is 0.278 bits per heavy atom. The molecule has 0 saturated heterocycles. The summed E-state index contributed by atoms with van der Waals surface area (Å²) in [6.07, 6.45) is 34.2. The van der Waals surface area contributed by atoms with Crippen LogP contribution < -0.4 is 14.7 Å². The third kappa shape index (κ3) is 15.1. The minimum atomic E-state index is 0.301. The van der Waals surface area contributed by atoms with Gasteiger partial charge in [0.25, 0.3) is 0 Å². The van der Waals surface area contributed by atoms with E-state index in [0.717, 1.165) is 67.0 Å². The second-order valence-electron chi connectivity index (χ2n) is 23.7. The van der Waals surface area contributed by atoms with Gasteiger partial charge >= 0.3 is 0 Å². The van der Waals surface area contributed by atoms with Crippen molar-refractivity contribution in [2.24, 2.45) is 5.92 Å². The van der Waals surface area contributed by atoms with E-state index in [4.69, 9.17) is 0 Å². The van der Waals surface area contributed by atoms with Crippen molar-refractivity contribution in [3.63, 3.8) is 0 Å². The number of aryl methyl sites for hydroxylation is 2. The highest BCUT2D eigenvalue weighted by Gasteiger charge is 2.22. The second-order valence-corrected chi connectivity index (χ2v) is 23.7. The van der Waals surface area contributed by atoms with Crippen molar-refractivity contribution in [3.05, 3.63) is 379 Å². The van der Waals surface area contributed by atoms with Crippen LogP contribution in [0.3, 0.4) is 0 Å². The van der Waals surface area contributed by atoms with Crippen LogP contribution in [-0.2, 0) is 0 Å². The third-order valence-corrected chi connectivity index (χ3v) is 17.1.